The Morgan fingerprint density at radius 2 is 2.14 bits per heavy atom. The number of alkyl halides is 2. The Morgan fingerprint density at radius 1 is 1.57 bits per heavy atom. The van der Waals surface area contributed by atoms with Gasteiger partial charge in [0.1, 0.15) is 5.56 Å². The number of hydrogen-bond donors (Lipinski definition) is 1. The summed E-state index contributed by atoms with van der Waals surface area (Å²) in [6.07, 6.45) is -3.06. The first-order valence-electron chi connectivity index (χ1n) is 3.28. The first-order chi connectivity index (χ1) is 6.43. The summed E-state index contributed by atoms with van der Waals surface area (Å²) < 4.78 is 24.3. The van der Waals surface area contributed by atoms with Crippen LogP contribution in [0.15, 0.2) is 10.9 Å². The van der Waals surface area contributed by atoms with Crippen molar-refractivity contribution in [3.05, 3.63) is 37.1 Å². The summed E-state index contributed by atoms with van der Waals surface area (Å²) in [4.78, 5) is 21.8. The lowest BCUT2D eigenvalue weighted by molar-refractivity contribution is -0.389. The van der Waals surface area contributed by atoms with E-state index in [0.717, 1.165) is 0 Å². The number of aromatic amines is 1. The van der Waals surface area contributed by atoms with Gasteiger partial charge in [-0.15, -0.1) is 0 Å². The number of halogens is 3. The molecule has 1 aromatic heterocycles. The largest absolute Gasteiger partial charge is 0.358 e. The van der Waals surface area contributed by atoms with Crippen LogP contribution in [0, 0.1) is 10.1 Å². The molecule has 1 rings (SSSR count). The van der Waals surface area contributed by atoms with Crippen molar-refractivity contribution in [3.63, 3.8) is 0 Å². The van der Waals surface area contributed by atoms with Crippen molar-refractivity contribution in [2.24, 2.45) is 0 Å². The van der Waals surface area contributed by atoms with Crippen LogP contribution in [-0.4, -0.2) is 9.91 Å². The molecule has 0 radical (unpaired) electrons. The number of H-pyrrole nitrogens is 1. The number of nitrogens with zero attached hydrogens (tertiary/aromatic N) is 1. The van der Waals surface area contributed by atoms with Crippen LogP contribution < -0.4 is 5.56 Å². The molecule has 0 aromatic carbocycles. The molecular formula is C6H3ClF2N2O3. The van der Waals surface area contributed by atoms with Gasteiger partial charge < -0.3 is 10.1 Å². The van der Waals surface area contributed by atoms with Crippen LogP contribution in [0.25, 0.3) is 0 Å². The molecule has 14 heavy (non-hydrogen) atoms. The minimum atomic E-state index is -3.06. The zero-order valence-electron chi connectivity index (χ0n) is 6.46. The second kappa shape index (κ2) is 3.70. The van der Waals surface area contributed by atoms with Crippen LogP contribution in [0.1, 0.15) is 12.0 Å². The highest BCUT2D eigenvalue weighted by molar-refractivity contribution is 6.31. The minimum absolute atomic E-state index is 0.615. The number of pyridine rings is 1. The molecule has 8 heteroatoms. The normalized spacial score (nSPS) is 10.6. The topological polar surface area (TPSA) is 76.0 Å². The van der Waals surface area contributed by atoms with Crippen molar-refractivity contribution in [3.8, 4) is 0 Å². The van der Waals surface area contributed by atoms with Gasteiger partial charge in [-0.25, -0.2) is 18.6 Å². The molecule has 0 unspecified atom stereocenters. The lowest BCUT2D eigenvalue weighted by Gasteiger charge is -2.00. The van der Waals surface area contributed by atoms with Crippen LogP contribution in [0.4, 0.5) is 14.6 Å². The van der Waals surface area contributed by atoms with Gasteiger partial charge in [0.05, 0.1) is 11.1 Å². The van der Waals surface area contributed by atoms with Gasteiger partial charge in [0.25, 0.3) is 6.43 Å². The smallest absolute Gasteiger partial charge is 0.342 e. The van der Waals surface area contributed by atoms with Crippen molar-refractivity contribution in [2.75, 3.05) is 0 Å². The fourth-order valence-electron chi connectivity index (χ4n) is 0.828. The van der Waals surface area contributed by atoms with E-state index in [1.54, 1.807) is 4.98 Å². The highest BCUT2D eigenvalue weighted by atomic mass is 35.5. The van der Waals surface area contributed by atoms with E-state index in [2.05, 4.69) is 0 Å². The summed E-state index contributed by atoms with van der Waals surface area (Å²) in [5, 5.41) is 9.56. The lowest BCUT2D eigenvalue weighted by atomic mass is 10.3. The SMILES string of the molecule is O=c1[nH]c([N+](=O)[O-])cc(Cl)c1C(F)F. The Kier molecular flexibility index (Phi) is 2.80. The molecule has 0 aliphatic rings. The standard InChI is InChI=1S/C6H3ClF2N2O3/c7-2-1-3(11(13)14)10-6(12)4(2)5(8)9/h1,5H,(H,10,12). The van der Waals surface area contributed by atoms with Gasteiger partial charge in [0.15, 0.2) is 0 Å². The predicted molar refractivity (Wildman–Crippen MR) is 43.7 cm³/mol. The van der Waals surface area contributed by atoms with E-state index in [0.29, 0.717) is 6.07 Å². The molecule has 0 amide bonds. The van der Waals surface area contributed by atoms with Crippen molar-refractivity contribution in [1.29, 1.82) is 0 Å². The van der Waals surface area contributed by atoms with Crippen LogP contribution in [0.5, 0.6) is 0 Å². The molecule has 1 N–H and O–H groups in total. The second-order valence-corrected chi connectivity index (χ2v) is 2.71. The maximum absolute atomic E-state index is 12.1. The third-order valence-electron chi connectivity index (χ3n) is 1.42. The highest BCUT2D eigenvalue weighted by Gasteiger charge is 2.21. The van der Waals surface area contributed by atoms with Crippen molar-refractivity contribution >= 4 is 17.4 Å². The Balaban J connectivity index is 3.40. The fraction of sp³-hybridized carbons (Fsp3) is 0.167. The van der Waals surface area contributed by atoms with Gasteiger partial charge in [-0.05, 0) is 4.92 Å². The fourth-order valence-corrected chi connectivity index (χ4v) is 1.10. The Morgan fingerprint density at radius 3 is 2.50 bits per heavy atom. The highest BCUT2D eigenvalue weighted by Crippen LogP contribution is 2.25. The van der Waals surface area contributed by atoms with E-state index in [1.165, 1.54) is 0 Å². The molecule has 0 bridgehead atoms. The van der Waals surface area contributed by atoms with E-state index >= 15 is 0 Å². The van der Waals surface area contributed by atoms with E-state index < -0.39 is 33.3 Å². The molecular weight excluding hydrogens is 222 g/mol. The Labute approximate surface area is 80.5 Å². The number of rotatable bonds is 2. The van der Waals surface area contributed by atoms with Gasteiger partial charge in [-0.1, -0.05) is 11.6 Å². The van der Waals surface area contributed by atoms with Crippen LogP contribution in [0.2, 0.25) is 5.02 Å². The molecule has 0 saturated carbocycles. The van der Waals surface area contributed by atoms with Gasteiger partial charge in [-0.3, -0.25) is 0 Å². The first-order valence-corrected chi connectivity index (χ1v) is 3.66. The average Bonchev–Trinajstić information content (AvgIpc) is 2.01. The van der Waals surface area contributed by atoms with Crippen molar-refractivity contribution in [2.45, 2.75) is 6.43 Å². The second-order valence-electron chi connectivity index (χ2n) is 2.30. The Bertz CT molecular complexity index is 432. The molecule has 0 aliphatic heterocycles. The maximum Gasteiger partial charge on any atom is 0.342 e. The monoisotopic (exact) mass is 224 g/mol. The summed E-state index contributed by atoms with van der Waals surface area (Å²) in [7, 11) is 0. The quantitative estimate of drug-likeness (QED) is 0.615. The molecule has 1 aromatic rings. The lowest BCUT2D eigenvalue weighted by Crippen LogP contribution is -2.15. The predicted octanol–water partition coefficient (Wildman–Crippen LogP) is 1.87. The van der Waals surface area contributed by atoms with E-state index in [1.807, 2.05) is 0 Å². The van der Waals surface area contributed by atoms with E-state index in [9.17, 15) is 23.7 Å². The summed E-state index contributed by atoms with van der Waals surface area (Å²) in [5.41, 5.74) is -2.21. The van der Waals surface area contributed by atoms with E-state index in [-0.39, 0.29) is 0 Å². The molecule has 0 atom stereocenters. The molecule has 0 spiro atoms. The molecule has 0 aliphatic carbocycles. The van der Waals surface area contributed by atoms with Gasteiger partial charge >= 0.3 is 11.4 Å². The number of nitro groups is 1. The van der Waals surface area contributed by atoms with Crippen LogP contribution in [0.3, 0.4) is 0 Å². The zero-order valence-corrected chi connectivity index (χ0v) is 7.22. The van der Waals surface area contributed by atoms with Crippen molar-refractivity contribution < 1.29 is 13.7 Å². The van der Waals surface area contributed by atoms with Gasteiger partial charge in [-0.2, -0.15) is 0 Å². The van der Waals surface area contributed by atoms with Gasteiger partial charge in [0.2, 0.25) is 0 Å². The first kappa shape index (κ1) is 10.6. The number of aromatic nitrogens is 1. The van der Waals surface area contributed by atoms with Crippen LogP contribution in [-0.2, 0) is 0 Å². The van der Waals surface area contributed by atoms with Gasteiger partial charge in [0, 0.05) is 0 Å². The third-order valence-corrected chi connectivity index (χ3v) is 1.73. The Hall–Kier alpha value is -1.50. The van der Waals surface area contributed by atoms with E-state index in [4.69, 9.17) is 11.6 Å². The molecule has 76 valence electrons. The van der Waals surface area contributed by atoms with Crippen molar-refractivity contribution in [1.82, 2.24) is 4.98 Å². The molecule has 0 fully saturated rings. The molecule has 1 heterocycles. The summed E-state index contributed by atoms with van der Waals surface area (Å²) in [6, 6.07) is 0.671. The zero-order chi connectivity index (χ0) is 10.9. The average molecular weight is 225 g/mol. The third kappa shape index (κ3) is 1.87. The number of nitrogens with one attached hydrogen (secondary N) is 1. The minimum Gasteiger partial charge on any atom is -0.358 e. The summed E-state index contributed by atoms with van der Waals surface area (Å²) in [6.45, 7) is 0. The molecule has 5 nitrogen and oxygen atoms in total. The van der Waals surface area contributed by atoms with Crippen LogP contribution >= 0.6 is 11.6 Å². The maximum atomic E-state index is 12.1. The number of hydrogen-bond acceptors (Lipinski definition) is 3. The summed E-state index contributed by atoms with van der Waals surface area (Å²) in [5.74, 6) is -0.718. The summed E-state index contributed by atoms with van der Waals surface area (Å²) >= 11 is 5.27. The molecule has 0 saturated heterocycles.